The molecule has 1 aliphatic heterocycles. The number of methoxy groups -OCH3 is 1. The summed E-state index contributed by atoms with van der Waals surface area (Å²) in [5.41, 5.74) is 0. The zero-order valence-electron chi connectivity index (χ0n) is 8.07. The van der Waals surface area contributed by atoms with Gasteiger partial charge < -0.3 is 4.74 Å². The Morgan fingerprint density at radius 2 is 2.57 bits per heavy atom. The lowest BCUT2D eigenvalue weighted by molar-refractivity contribution is 0.410. The third-order valence-electron chi connectivity index (χ3n) is 2.41. The van der Waals surface area contributed by atoms with Crippen LogP contribution in [0.4, 0.5) is 0 Å². The number of rotatable bonds is 2. The SMILES string of the molecule is COc1cnn(C2CCCSC2)c1Cl. The van der Waals surface area contributed by atoms with Gasteiger partial charge in [0.1, 0.15) is 0 Å². The molecule has 1 fully saturated rings. The van der Waals surface area contributed by atoms with Crippen LogP contribution in [0.25, 0.3) is 0 Å². The van der Waals surface area contributed by atoms with Gasteiger partial charge in [0.15, 0.2) is 10.9 Å². The average molecular weight is 233 g/mol. The van der Waals surface area contributed by atoms with E-state index in [4.69, 9.17) is 16.3 Å². The Balaban J connectivity index is 2.18. The Labute approximate surface area is 92.8 Å². The maximum absolute atomic E-state index is 6.12. The molecule has 0 bridgehead atoms. The molecule has 0 N–H and O–H groups in total. The van der Waals surface area contributed by atoms with Crippen molar-refractivity contribution < 1.29 is 4.74 Å². The van der Waals surface area contributed by atoms with E-state index in [-0.39, 0.29) is 0 Å². The monoisotopic (exact) mass is 232 g/mol. The normalized spacial score (nSPS) is 22.3. The zero-order valence-corrected chi connectivity index (χ0v) is 9.64. The minimum atomic E-state index is 0.435. The smallest absolute Gasteiger partial charge is 0.175 e. The van der Waals surface area contributed by atoms with Crippen molar-refractivity contribution in [2.75, 3.05) is 18.6 Å². The number of thioether (sulfide) groups is 1. The van der Waals surface area contributed by atoms with Gasteiger partial charge in [-0.2, -0.15) is 16.9 Å². The molecule has 1 aromatic rings. The number of aromatic nitrogens is 2. The zero-order chi connectivity index (χ0) is 9.97. The summed E-state index contributed by atoms with van der Waals surface area (Å²) < 4.78 is 6.98. The van der Waals surface area contributed by atoms with E-state index in [9.17, 15) is 0 Å². The van der Waals surface area contributed by atoms with Crippen molar-refractivity contribution in [3.63, 3.8) is 0 Å². The second kappa shape index (κ2) is 4.45. The minimum Gasteiger partial charge on any atom is -0.492 e. The van der Waals surface area contributed by atoms with E-state index in [1.165, 1.54) is 12.2 Å². The van der Waals surface area contributed by atoms with Crippen molar-refractivity contribution >= 4 is 23.4 Å². The molecule has 0 aromatic carbocycles. The van der Waals surface area contributed by atoms with Gasteiger partial charge in [-0.25, -0.2) is 4.68 Å². The van der Waals surface area contributed by atoms with Crippen LogP contribution in [0.15, 0.2) is 6.20 Å². The van der Waals surface area contributed by atoms with Crippen molar-refractivity contribution in [1.29, 1.82) is 0 Å². The van der Waals surface area contributed by atoms with Crippen LogP contribution in [0.5, 0.6) is 5.75 Å². The molecule has 1 atom stereocenters. The maximum atomic E-state index is 6.12. The Hall–Kier alpha value is -0.350. The van der Waals surface area contributed by atoms with Crippen molar-refractivity contribution in [3.05, 3.63) is 11.3 Å². The molecule has 0 amide bonds. The molecule has 0 saturated carbocycles. The van der Waals surface area contributed by atoms with Crippen molar-refractivity contribution in [1.82, 2.24) is 9.78 Å². The van der Waals surface area contributed by atoms with E-state index in [1.807, 2.05) is 16.4 Å². The topological polar surface area (TPSA) is 27.1 Å². The minimum absolute atomic E-state index is 0.435. The first-order chi connectivity index (χ1) is 6.83. The Morgan fingerprint density at radius 1 is 1.71 bits per heavy atom. The van der Waals surface area contributed by atoms with Gasteiger partial charge in [-0.15, -0.1) is 0 Å². The lowest BCUT2D eigenvalue weighted by Crippen LogP contribution is -2.17. The number of hydrogen-bond acceptors (Lipinski definition) is 3. The molecule has 2 heterocycles. The Bertz CT molecular complexity index is 310. The lowest BCUT2D eigenvalue weighted by atomic mass is 10.2. The van der Waals surface area contributed by atoms with E-state index < -0.39 is 0 Å². The third kappa shape index (κ3) is 1.86. The molecule has 78 valence electrons. The molecular weight excluding hydrogens is 220 g/mol. The highest BCUT2D eigenvalue weighted by Gasteiger charge is 2.20. The van der Waals surface area contributed by atoms with Gasteiger partial charge in [-0.1, -0.05) is 11.6 Å². The fraction of sp³-hybridized carbons (Fsp3) is 0.667. The highest BCUT2D eigenvalue weighted by molar-refractivity contribution is 7.99. The summed E-state index contributed by atoms with van der Waals surface area (Å²) in [7, 11) is 1.61. The molecule has 3 nitrogen and oxygen atoms in total. The summed E-state index contributed by atoms with van der Waals surface area (Å²) in [6, 6.07) is 0.435. The summed E-state index contributed by atoms with van der Waals surface area (Å²) in [4.78, 5) is 0. The Morgan fingerprint density at radius 3 is 3.14 bits per heavy atom. The molecule has 1 aromatic heterocycles. The average Bonchev–Trinajstić information content (AvgIpc) is 2.61. The van der Waals surface area contributed by atoms with Crippen molar-refractivity contribution in [2.45, 2.75) is 18.9 Å². The predicted molar refractivity (Wildman–Crippen MR) is 59.4 cm³/mol. The lowest BCUT2D eigenvalue weighted by Gasteiger charge is -2.22. The van der Waals surface area contributed by atoms with E-state index in [1.54, 1.807) is 13.3 Å². The van der Waals surface area contributed by atoms with Crippen LogP contribution in [0.3, 0.4) is 0 Å². The van der Waals surface area contributed by atoms with Gasteiger partial charge >= 0.3 is 0 Å². The summed E-state index contributed by atoms with van der Waals surface area (Å²) in [5.74, 6) is 3.03. The summed E-state index contributed by atoms with van der Waals surface area (Å²) in [6.07, 6.45) is 4.09. The summed E-state index contributed by atoms with van der Waals surface area (Å²) in [5, 5.41) is 4.88. The highest BCUT2D eigenvalue weighted by atomic mass is 35.5. The first-order valence-electron chi connectivity index (χ1n) is 4.67. The molecule has 1 aliphatic rings. The molecule has 0 radical (unpaired) electrons. The molecule has 14 heavy (non-hydrogen) atoms. The molecule has 1 unspecified atom stereocenters. The van der Waals surface area contributed by atoms with E-state index in [2.05, 4.69) is 5.10 Å². The van der Waals surface area contributed by atoms with Gasteiger partial charge in [0.25, 0.3) is 0 Å². The van der Waals surface area contributed by atoms with E-state index in [0.717, 1.165) is 12.2 Å². The van der Waals surface area contributed by atoms with Crippen LogP contribution in [0, 0.1) is 0 Å². The van der Waals surface area contributed by atoms with E-state index >= 15 is 0 Å². The van der Waals surface area contributed by atoms with Gasteiger partial charge in [0, 0.05) is 5.75 Å². The van der Waals surface area contributed by atoms with Crippen LogP contribution < -0.4 is 4.74 Å². The molecule has 0 aliphatic carbocycles. The second-order valence-corrected chi connectivity index (χ2v) is 4.83. The van der Waals surface area contributed by atoms with Gasteiger partial charge in [-0.05, 0) is 18.6 Å². The molecule has 0 spiro atoms. The number of ether oxygens (including phenoxy) is 1. The van der Waals surface area contributed by atoms with Crippen LogP contribution in [0.2, 0.25) is 5.15 Å². The van der Waals surface area contributed by atoms with E-state index in [0.29, 0.717) is 16.9 Å². The third-order valence-corrected chi connectivity index (χ3v) is 3.96. The van der Waals surface area contributed by atoms with Crippen LogP contribution >= 0.6 is 23.4 Å². The first-order valence-corrected chi connectivity index (χ1v) is 6.21. The maximum Gasteiger partial charge on any atom is 0.175 e. The van der Waals surface area contributed by atoms with Crippen molar-refractivity contribution in [3.8, 4) is 5.75 Å². The number of hydrogen-bond donors (Lipinski definition) is 0. The second-order valence-electron chi connectivity index (χ2n) is 3.32. The quantitative estimate of drug-likeness (QED) is 0.785. The molecule has 5 heteroatoms. The standard InChI is InChI=1S/C9H13ClN2OS/c1-13-8-5-11-12(9(8)10)7-3-2-4-14-6-7/h5,7H,2-4,6H2,1H3. The van der Waals surface area contributed by atoms with Gasteiger partial charge in [0.2, 0.25) is 0 Å². The van der Waals surface area contributed by atoms with Crippen molar-refractivity contribution in [2.24, 2.45) is 0 Å². The number of halogens is 1. The summed E-state index contributed by atoms with van der Waals surface area (Å²) >= 11 is 8.09. The fourth-order valence-corrected chi connectivity index (χ4v) is 3.06. The summed E-state index contributed by atoms with van der Waals surface area (Å²) in [6.45, 7) is 0. The largest absolute Gasteiger partial charge is 0.492 e. The van der Waals surface area contributed by atoms with Crippen LogP contribution in [-0.2, 0) is 0 Å². The Kier molecular flexibility index (Phi) is 3.23. The van der Waals surface area contributed by atoms with Gasteiger partial charge in [-0.3, -0.25) is 0 Å². The molecule has 2 rings (SSSR count). The number of nitrogens with zero attached hydrogens (tertiary/aromatic N) is 2. The molecule has 1 saturated heterocycles. The highest BCUT2D eigenvalue weighted by Crippen LogP contribution is 2.32. The molecular formula is C9H13ClN2OS. The van der Waals surface area contributed by atoms with Crippen LogP contribution in [0.1, 0.15) is 18.9 Å². The predicted octanol–water partition coefficient (Wildman–Crippen LogP) is 2.61. The fourth-order valence-electron chi connectivity index (χ4n) is 1.64. The van der Waals surface area contributed by atoms with Crippen LogP contribution in [-0.4, -0.2) is 28.4 Å². The first kappa shape index (κ1) is 10.2. The van der Waals surface area contributed by atoms with Gasteiger partial charge in [0.05, 0.1) is 19.3 Å².